The summed E-state index contributed by atoms with van der Waals surface area (Å²) in [5.41, 5.74) is 0.931. The number of carbonyl (C=O) groups excluding carboxylic acids is 1. The van der Waals surface area contributed by atoms with Crippen LogP contribution in [0, 0.1) is 0 Å². The van der Waals surface area contributed by atoms with Gasteiger partial charge in [0.2, 0.25) is 0 Å². The van der Waals surface area contributed by atoms with Gasteiger partial charge in [0.25, 0.3) is 0 Å². The summed E-state index contributed by atoms with van der Waals surface area (Å²) < 4.78 is 0. The van der Waals surface area contributed by atoms with Gasteiger partial charge >= 0.3 is 0 Å². The van der Waals surface area contributed by atoms with Crippen molar-refractivity contribution < 1.29 is 15.0 Å². The molecule has 0 bridgehead atoms. The van der Waals surface area contributed by atoms with Crippen molar-refractivity contribution in [1.82, 2.24) is 0 Å². The first kappa shape index (κ1) is 12.1. The van der Waals surface area contributed by atoms with E-state index in [1.807, 2.05) is 0 Å². The third kappa shape index (κ3) is 2.73. The van der Waals surface area contributed by atoms with Gasteiger partial charge in [-0.1, -0.05) is 0 Å². The highest BCUT2D eigenvalue weighted by atomic mass is 32.1. The number of rotatable bonds is 4. The molecule has 0 atom stereocenters. The number of phenols is 1. The van der Waals surface area contributed by atoms with E-state index in [-0.39, 0.29) is 18.1 Å². The van der Waals surface area contributed by atoms with E-state index in [0.717, 1.165) is 0 Å². The van der Waals surface area contributed by atoms with Gasteiger partial charge in [0.05, 0.1) is 5.56 Å². The van der Waals surface area contributed by atoms with Gasteiger partial charge < -0.3 is 10.2 Å². The summed E-state index contributed by atoms with van der Waals surface area (Å²) in [4.78, 5) is 11.8. The molecule has 82 valence electrons. The van der Waals surface area contributed by atoms with E-state index in [2.05, 4.69) is 12.6 Å². The van der Waals surface area contributed by atoms with Gasteiger partial charge in [-0.25, -0.2) is 0 Å². The Morgan fingerprint density at radius 1 is 1.47 bits per heavy atom. The second kappa shape index (κ2) is 5.19. The van der Waals surface area contributed by atoms with Crippen LogP contribution in [-0.2, 0) is 6.42 Å². The molecule has 0 amide bonds. The first-order valence-corrected chi connectivity index (χ1v) is 5.18. The molecule has 1 rings (SSSR count). The fraction of sp³-hybridized carbons (Fsp3) is 0.364. The second-order valence-electron chi connectivity index (χ2n) is 3.34. The van der Waals surface area contributed by atoms with Gasteiger partial charge in [-0.2, -0.15) is 0 Å². The summed E-state index contributed by atoms with van der Waals surface area (Å²) >= 11 is 4.20. The lowest BCUT2D eigenvalue weighted by Gasteiger charge is -2.09. The topological polar surface area (TPSA) is 57.5 Å². The smallest absolute Gasteiger partial charge is 0.163 e. The monoisotopic (exact) mass is 226 g/mol. The Bertz CT molecular complexity index is 374. The molecule has 4 heteroatoms. The summed E-state index contributed by atoms with van der Waals surface area (Å²) in [6, 6.07) is 3.24. The third-order valence-corrected chi connectivity index (χ3v) is 2.64. The molecule has 1 aromatic carbocycles. The lowest BCUT2D eigenvalue weighted by atomic mass is 10.0. The molecule has 0 aliphatic carbocycles. The van der Waals surface area contributed by atoms with Gasteiger partial charge in [0.15, 0.2) is 5.78 Å². The van der Waals surface area contributed by atoms with E-state index in [4.69, 9.17) is 5.11 Å². The van der Waals surface area contributed by atoms with Gasteiger partial charge in [0.1, 0.15) is 5.75 Å². The number of hydrogen-bond donors (Lipinski definition) is 3. The Hall–Kier alpha value is -1.00. The molecular formula is C11H14O3S. The zero-order chi connectivity index (χ0) is 11.4. The van der Waals surface area contributed by atoms with Gasteiger partial charge in [0, 0.05) is 17.1 Å². The van der Waals surface area contributed by atoms with Crippen LogP contribution in [0.1, 0.15) is 29.3 Å². The van der Waals surface area contributed by atoms with Crippen molar-refractivity contribution in [1.29, 1.82) is 0 Å². The second-order valence-corrected chi connectivity index (χ2v) is 3.82. The molecule has 0 saturated carbocycles. The summed E-state index contributed by atoms with van der Waals surface area (Å²) in [5, 5.41) is 18.5. The van der Waals surface area contributed by atoms with E-state index >= 15 is 0 Å². The van der Waals surface area contributed by atoms with Crippen LogP contribution in [0.4, 0.5) is 0 Å². The Balaban J connectivity index is 3.12. The summed E-state index contributed by atoms with van der Waals surface area (Å²) in [5.74, 6) is -0.186. The molecule has 0 aliphatic heterocycles. The molecule has 0 radical (unpaired) electrons. The number of carbonyl (C=O) groups is 1. The average molecular weight is 226 g/mol. The lowest BCUT2D eigenvalue weighted by Crippen LogP contribution is -1.98. The number of aliphatic hydroxyl groups excluding tert-OH is 1. The highest BCUT2D eigenvalue weighted by Gasteiger charge is 2.13. The molecule has 0 unspecified atom stereocenters. The van der Waals surface area contributed by atoms with Crippen LogP contribution >= 0.6 is 12.6 Å². The maximum absolute atomic E-state index is 11.2. The number of Topliss-reactive ketones (excluding diaryl/α,β-unsaturated/α-hetero) is 1. The van der Waals surface area contributed by atoms with E-state index < -0.39 is 0 Å². The zero-order valence-corrected chi connectivity index (χ0v) is 9.42. The molecule has 0 spiro atoms. The van der Waals surface area contributed by atoms with Crippen LogP contribution < -0.4 is 0 Å². The molecular weight excluding hydrogens is 212 g/mol. The first-order valence-electron chi connectivity index (χ1n) is 4.73. The fourth-order valence-electron chi connectivity index (χ4n) is 1.41. The molecule has 0 heterocycles. The number of aliphatic hydroxyl groups is 1. The first-order chi connectivity index (χ1) is 7.07. The minimum absolute atomic E-state index is 0.0107. The largest absolute Gasteiger partial charge is 0.507 e. The number of hydrogen-bond acceptors (Lipinski definition) is 4. The number of aromatic hydroxyl groups is 1. The minimum Gasteiger partial charge on any atom is -0.507 e. The molecule has 15 heavy (non-hydrogen) atoms. The van der Waals surface area contributed by atoms with Crippen LogP contribution in [-0.4, -0.2) is 22.6 Å². The molecule has 3 nitrogen and oxygen atoms in total. The van der Waals surface area contributed by atoms with Crippen molar-refractivity contribution in [2.24, 2.45) is 0 Å². The lowest BCUT2D eigenvalue weighted by molar-refractivity contribution is 0.101. The fourth-order valence-corrected chi connectivity index (χ4v) is 1.70. The number of phenolic OH excluding ortho intramolecular Hbond substituents is 1. The van der Waals surface area contributed by atoms with E-state index in [0.29, 0.717) is 28.9 Å². The van der Waals surface area contributed by atoms with E-state index in [9.17, 15) is 9.90 Å². The maximum Gasteiger partial charge on any atom is 0.163 e. The normalized spacial score (nSPS) is 10.3. The molecule has 0 saturated heterocycles. The molecule has 0 aromatic heterocycles. The standard InChI is InChI=1S/C11H14O3S/c1-7(13)8-4-5-10(15)9(11(8)14)3-2-6-12/h4-5,12,14-15H,2-3,6H2,1H3. The third-order valence-electron chi connectivity index (χ3n) is 2.22. The van der Waals surface area contributed by atoms with Gasteiger partial charge in [-0.15, -0.1) is 12.6 Å². The summed E-state index contributed by atoms with van der Waals surface area (Å²) in [6.45, 7) is 1.46. The minimum atomic E-state index is -0.175. The Morgan fingerprint density at radius 2 is 2.13 bits per heavy atom. The number of benzene rings is 1. The maximum atomic E-state index is 11.2. The molecule has 0 aliphatic rings. The van der Waals surface area contributed by atoms with Crippen LogP contribution in [0.2, 0.25) is 0 Å². The molecule has 2 N–H and O–H groups in total. The van der Waals surface area contributed by atoms with Gasteiger partial charge in [-0.05, 0) is 31.9 Å². The van der Waals surface area contributed by atoms with Crippen molar-refractivity contribution in [2.75, 3.05) is 6.61 Å². The predicted molar refractivity (Wildman–Crippen MR) is 60.8 cm³/mol. The predicted octanol–water partition coefficient (Wildman–Crippen LogP) is 1.81. The Labute approximate surface area is 94.2 Å². The van der Waals surface area contributed by atoms with Crippen LogP contribution in [0.25, 0.3) is 0 Å². The van der Waals surface area contributed by atoms with Crippen LogP contribution in [0.3, 0.4) is 0 Å². The van der Waals surface area contributed by atoms with E-state index in [1.54, 1.807) is 12.1 Å². The highest BCUT2D eigenvalue weighted by molar-refractivity contribution is 7.80. The van der Waals surface area contributed by atoms with Gasteiger partial charge in [-0.3, -0.25) is 4.79 Å². The van der Waals surface area contributed by atoms with E-state index in [1.165, 1.54) is 6.92 Å². The average Bonchev–Trinajstić information content (AvgIpc) is 2.17. The van der Waals surface area contributed by atoms with Crippen molar-refractivity contribution in [3.05, 3.63) is 23.3 Å². The van der Waals surface area contributed by atoms with Crippen LogP contribution in [0.15, 0.2) is 17.0 Å². The Morgan fingerprint density at radius 3 is 2.67 bits per heavy atom. The quantitative estimate of drug-likeness (QED) is 0.542. The summed E-state index contributed by atoms with van der Waals surface area (Å²) in [6.07, 6.45) is 1.06. The highest BCUT2D eigenvalue weighted by Crippen LogP contribution is 2.29. The zero-order valence-electron chi connectivity index (χ0n) is 8.53. The summed E-state index contributed by atoms with van der Waals surface area (Å²) in [7, 11) is 0. The van der Waals surface area contributed by atoms with Crippen molar-refractivity contribution in [2.45, 2.75) is 24.7 Å². The SMILES string of the molecule is CC(=O)c1ccc(S)c(CCCO)c1O. The number of ketones is 1. The molecule has 1 aromatic rings. The van der Waals surface area contributed by atoms with Crippen molar-refractivity contribution >= 4 is 18.4 Å². The molecule has 0 fully saturated rings. The Kier molecular flexibility index (Phi) is 4.17. The van der Waals surface area contributed by atoms with Crippen molar-refractivity contribution in [3.63, 3.8) is 0 Å². The van der Waals surface area contributed by atoms with Crippen LogP contribution in [0.5, 0.6) is 5.75 Å². The number of thiol groups is 1. The van der Waals surface area contributed by atoms with Crippen molar-refractivity contribution in [3.8, 4) is 5.75 Å².